The average molecular weight is 450 g/mol. The second-order valence-electron chi connectivity index (χ2n) is 8.33. The van der Waals surface area contributed by atoms with Gasteiger partial charge >= 0.3 is 0 Å². The van der Waals surface area contributed by atoms with Crippen LogP contribution in [0.15, 0.2) is 30.3 Å². The van der Waals surface area contributed by atoms with E-state index in [0.717, 1.165) is 33.8 Å². The van der Waals surface area contributed by atoms with E-state index < -0.39 is 21.7 Å². The summed E-state index contributed by atoms with van der Waals surface area (Å²) in [6.45, 7) is 2.42. The molecule has 0 bridgehead atoms. The number of nitrogens with zero attached hydrogens (tertiary/aromatic N) is 2. The number of thiazole rings is 1. The number of sulfonamides is 1. The van der Waals surface area contributed by atoms with Crippen molar-refractivity contribution in [2.75, 3.05) is 12.8 Å². The molecule has 1 amide bonds. The second kappa shape index (κ2) is 8.03. The number of aryl methyl sites for hydroxylation is 1. The van der Waals surface area contributed by atoms with Gasteiger partial charge < -0.3 is 10.0 Å². The molecule has 1 aliphatic carbocycles. The third kappa shape index (κ3) is 4.30. The van der Waals surface area contributed by atoms with Crippen LogP contribution in [0.1, 0.15) is 36.3 Å². The number of benzene rings is 1. The van der Waals surface area contributed by atoms with Crippen molar-refractivity contribution in [1.29, 1.82) is 0 Å². The van der Waals surface area contributed by atoms with Crippen LogP contribution in [-0.2, 0) is 21.2 Å². The highest BCUT2D eigenvalue weighted by Crippen LogP contribution is 2.37. The molecule has 4 rings (SSSR count). The fraction of sp³-hybridized carbons (Fsp3) is 0.524. The molecule has 0 radical (unpaired) electrons. The normalized spacial score (nSPS) is 23.4. The Morgan fingerprint density at radius 1 is 1.33 bits per heavy atom. The van der Waals surface area contributed by atoms with Crippen molar-refractivity contribution in [3.63, 3.8) is 0 Å². The quantitative estimate of drug-likeness (QED) is 0.704. The van der Waals surface area contributed by atoms with E-state index in [9.17, 15) is 18.3 Å². The maximum Gasteiger partial charge on any atom is 0.254 e. The number of carbonyl (C=O) groups excluding carboxylic acids is 1. The molecule has 1 aromatic heterocycles. The van der Waals surface area contributed by atoms with E-state index in [-0.39, 0.29) is 11.9 Å². The number of nitrogens with one attached hydrogen (secondary N) is 1. The van der Waals surface area contributed by atoms with E-state index in [2.05, 4.69) is 4.72 Å². The fourth-order valence-corrected chi connectivity index (χ4v) is 6.05. The number of aliphatic hydroxyl groups is 1. The largest absolute Gasteiger partial charge is 0.380 e. The van der Waals surface area contributed by atoms with Gasteiger partial charge in [-0.3, -0.25) is 4.79 Å². The van der Waals surface area contributed by atoms with Crippen LogP contribution in [0.5, 0.6) is 0 Å². The van der Waals surface area contributed by atoms with Gasteiger partial charge in [-0.2, -0.15) is 0 Å². The molecule has 2 atom stereocenters. The minimum atomic E-state index is -3.43. The summed E-state index contributed by atoms with van der Waals surface area (Å²) in [6.07, 6.45) is 3.87. The molecule has 2 aliphatic rings. The number of amides is 1. The maximum atomic E-state index is 13.1. The minimum Gasteiger partial charge on any atom is -0.380 e. The average Bonchev–Trinajstić information content (AvgIpc) is 3.23. The molecular formula is C21H27N3O4S2. The molecule has 162 valence electrons. The molecule has 7 nitrogen and oxygen atoms in total. The number of hydrogen-bond acceptors (Lipinski definition) is 6. The molecule has 2 heterocycles. The molecule has 2 N–H and O–H groups in total. The Bertz CT molecular complexity index is 1030. The molecule has 1 saturated heterocycles. The lowest BCUT2D eigenvalue weighted by Crippen LogP contribution is -2.57. The fourth-order valence-electron chi connectivity index (χ4n) is 4.28. The van der Waals surface area contributed by atoms with Crippen LogP contribution < -0.4 is 4.72 Å². The topological polar surface area (TPSA) is 99.6 Å². The minimum absolute atomic E-state index is 0.285. The molecule has 9 heteroatoms. The summed E-state index contributed by atoms with van der Waals surface area (Å²) < 4.78 is 26.5. The Morgan fingerprint density at radius 3 is 2.63 bits per heavy atom. The molecular weight excluding hydrogens is 422 g/mol. The van der Waals surface area contributed by atoms with E-state index in [1.807, 2.05) is 37.3 Å². The van der Waals surface area contributed by atoms with E-state index in [1.54, 1.807) is 16.2 Å². The third-order valence-electron chi connectivity index (χ3n) is 6.07. The molecule has 30 heavy (non-hydrogen) atoms. The Hall–Kier alpha value is -1.81. The van der Waals surface area contributed by atoms with Crippen molar-refractivity contribution in [3.05, 3.63) is 40.9 Å². The van der Waals surface area contributed by atoms with E-state index in [0.29, 0.717) is 32.2 Å². The van der Waals surface area contributed by atoms with Crippen LogP contribution in [0.4, 0.5) is 0 Å². The predicted molar refractivity (Wildman–Crippen MR) is 117 cm³/mol. The highest BCUT2D eigenvalue weighted by Gasteiger charge is 2.49. The van der Waals surface area contributed by atoms with Crippen LogP contribution in [0.3, 0.4) is 0 Å². The van der Waals surface area contributed by atoms with Gasteiger partial charge in [-0.25, -0.2) is 18.1 Å². The van der Waals surface area contributed by atoms with Crippen LogP contribution >= 0.6 is 11.3 Å². The van der Waals surface area contributed by atoms with Crippen molar-refractivity contribution < 1.29 is 18.3 Å². The number of likely N-dealkylation sites (tertiary alicyclic amines) is 1. The van der Waals surface area contributed by atoms with Crippen LogP contribution in [0, 0.1) is 6.92 Å². The van der Waals surface area contributed by atoms with E-state index in [1.165, 1.54) is 0 Å². The van der Waals surface area contributed by atoms with Gasteiger partial charge in [-0.05, 0) is 32.6 Å². The van der Waals surface area contributed by atoms with Crippen molar-refractivity contribution in [2.45, 2.75) is 56.7 Å². The maximum absolute atomic E-state index is 13.1. The molecule has 1 saturated carbocycles. The second-order valence-corrected chi connectivity index (χ2v) is 11.3. The lowest BCUT2D eigenvalue weighted by Gasteiger charge is -2.40. The summed E-state index contributed by atoms with van der Waals surface area (Å²) in [5.41, 5.74) is 0.597. The van der Waals surface area contributed by atoms with Crippen LogP contribution in [0.2, 0.25) is 0 Å². The van der Waals surface area contributed by atoms with Gasteiger partial charge in [0.05, 0.1) is 18.0 Å². The monoisotopic (exact) mass is 449 g/mol. The van der Waals surface area contributed by atoms with E-state index in [4.69, 9.17) is 4.98 Å². The van der Waals surface area contributed by atoms with Crippen LogP contribution in [0.25, 0.3) is 10.6 Å². The molecule has 1 aromatic carbocycles. The summed E-state index contributed by atoms with van der Waals surface area (Å²) >= 11 is 1.59. The number of hydrogen-bond donors (Lipinski definition) is 2. The Balaban J connectivity index is 1.62. The summed E-state index contributed by atoms with van der Waals surface area (Å²) in [7, 11) is -3.43. The van der Waals surface area contributed by atoms with Gasteiger partial charge in [-0.15, -0.1) is 11.3 Å². The highest BCUT2D eigenvalue weighted by atomic mass is 32.2. The van der Waals surface area contributed by atoms with Gasteiger partial charge in [0.2, 0.25) is 10.0 Å². The SMILES string of the molecule is Cc1sc(-c2ccccc2)nc1CC1C(NS(C)(=O)=O)CCN1C(=O)C1(O)CCC1. The lowest BCUT2D eigenvalue weighted by atomic mass is 9.79. The number of rotatable bonds is 6. The Morgan fingerprint density at radius 2 is 2.03 bits per heavy atom. The van der Waals surface area contributed by atoms with Crippen molar-refractivity contribution in [1.82, 2.24) is 14.6 Å². The Kier molecular flexibility index (Phi) is 5.73. The zero-order chi connectivity index (χ0) is 21.5. The van der Waals surface area contributed by atoms with Gasteiger partial charge in [0.15, 0.2) is 0 Å². The molecule has 1 aliphatic heterocycles. The van der Waals surface area contributed by atoms with Gasteiger partial charge in [0, 0.05) is 29.4 Å². The highest BCUT2D eigenvalue weighted by molar-refractivity contribution is 7.88. The smallest absolute Gasteiger partial charge is 0.254 e. The predicted octanol–water partition coefficient (Wildman–Crippen LogP) is 2.09. The molecule has 2 fully saturated rings. The van der Waals surface area contributed by atoms with Crippen molar-refractivity contribution in [3.8, 4) is 10.6 Å². The Labute approximate surface area is 181 Å². The lowest BCUT2D eigenvalue weighted by molar-refractivity contribution is -0.161. The molecule has 0 spiro atoms. The first-order chi connectivity index (χ1) is 14.2. The summed E-state index contributed by atoms with van der Waals surface area (Å²) in [6, 6.07) is 9.14. The van der Waals surface area contributed by atoms with Gasteiger partial charge in [0.1, 0.15) is 10.6 Å². The van der Waals surface area contributed by atoms with Crippen LogP contribution in [-0.4, -0.2) is 59.8 Å². The summed E-state index contributed by atoms with van der Waals surface area (Å²) in [5.74, 6) is -0.285. The summed E-state index contributed by atoms with van der Waals surface area (Å²) in [5, 5.41) is 11.5. The molecule has 2 aromatic rings. The van der Waals surface area contributed by atoms with Gasteiger partial charge in [-0.1, -0.05) is 30.3 Å². The summed E-state index contributed by atoms with van der Waals surface area (Å²) in [4.78, 5) is 20.6. The first-order valence-corrected chi connectivity index (χ1v) is 12.9. The zero-order valence-corrected chi connectivity index (χ0v) is 18.8. The molecule has 2 unspecified atom stereocenters. The number of carbonyl (C=O) groups is 1. The zero-order valence-electron chi connectivity index (χ0n) is 17.2. The number of aromatic nitrogens is 1. The first-order valence-electron chi connectivity index (χ1n) is 10.2. The van der Waals surface area contributed by atoms with Crippen molar-refractivity contribution >= 4 is 27.3 Å². The standard InChI is InChI=1S/C21H27N3O4S2/c1-14-17(22-19(29-14)15-7-4-3-5-8-15)13-18-16(23-30(2,27)28)9-12-24(18)20(25)21(26)10-6-11-21/h3-5,7-8,16,18,23,26H,6,9-13H2,1-2H3. The third-order valence-corrected chi connectivity index (χ3v) is 7.86. The van der Waals surface area contributed by atoms with E-state index >= 15 is 0 Å². The van der Waals surface area contributed by atoms with Gasteiger partial charge in [0.25, 0.3) is 5.91 Å². The van der Waals surface area contributed by atoms with Crippen molar-refractivity contribution in [2.24, 2.45) is 0 Å². The first kappa shape index (κ1) is 21.4.